The number of aromatic amines is 1. The average molecular weight is 368 g/mol. The summed E-state index contributed by atoms with van der Waals surface area (Å²) in [7, 11) is 0. The van der Waals surface area contributed by atoms with Crippen molar-refractivity contribution in [3.63, 3.8) is 0 Å². The first-order valence-corrected chi connectivity index (χ1v) is 7.91. The molecular formula is C14H17Cl3N2O3. The highest BCUT2D eigenvalue weighted by molar-refractivity contribution is 6.77. The second-order valence-electron chi connectivity index (χ2n) is 6.17. The standard InChI is InChI=1S/C14H17Cl3N2O3/c1-13(2,3)22-12(21)19-5-4-8-6-9(18-10(8)7-19)11(20)14(15,16)17/h6,18H,4-5,7H2,1-3H3. The van der Waals surface area contributed by atoms with Crippen LogP contribution in [0, 0.1) is 0 Å². The quantitative estimate of drug-likeness (QED) is 0.605. The summed E-state index contributed by atoms with van der Waals surface area (Å²) in [6, 6.07) is 1.67. The van der Waals surface area contributed by atoms with E-state index in [4.69, 9.17) is 39.5 Å². The zero-order chi connectivity index (χ0) is 16.7. The zero-order valence-corrected chi connectivity index (χ0v) is 14.8. The Hall–Kier alpha value is -0.910. The molecule has 0 radical (unpaired) electrons. The Balaban J connectivity index is 2.13. The summed E-state index contributed by atoms with van der Waals surface area (Å²) in [4.78, 5) is 28.6. The third kappa shape index (κ3) is 4.09. The lowest BCUT2D eigenvalue weighted by molar-refractivity contribution is 0.0221. The summed E-state index contributed by atoms with van der Waals surface area (Å²) in [5.41, 5.74) is 1.38. The van der Waals surface area contributed by atoms with Gasteiger partial charge in [-0.2, -0.15) is 0 Å². The number of aromatic nitrogens is 1. The summed E-state index contributed by atoms with van der Waals surface area (Å²) >= 11 is 16.8. The van der Waals surface area contributed by atoms with Crippen molar-refractivity contribution < 1.29 is 14.3 Å². The predicted molar refractivity (Wildman–Crippen MR) is 85.8 cm³/mol. The van der Waals surface area contributed by atoms with Crippen molar-refractivity contribution >= 4 is 46.7 Å². The molecule has 5 nitrogen and oxygen atoms in total. The first-order valence-electron chi connectivity index (χ1n) is 6.77. The molecular weight excluding hydrogens is 351 g/mol. The molecule has 0 unspecified atom stereocenters. The number of alkyl halides is 3. The molecule has 0 aliphatic carbocycles. The number of H-pyrrole nitrogens is 1. The summed E-state index contributed by atoms with van der Waals surface area (Å²) in [6.45, 7) is 6.28. The number of carbonyl (C=O) groups is 2. The normalized spacial score (nSPS) is 15.5. The van der Waals surface area contributed by atoms with Gasteiger partial charge >= 0.3 is 6.09 Å². The van der Waals surface area contributed by atoms with Crippen LogP contribution in [0.4, 0.5) is 4.79 Å². The van der Waals surface area contributed by atoms with Crippen LogP contribution in [0.5, 0.6) is 0 Å². The number of carbonyl (C=O) groups excluding carboxylic acids is 2. The predicted octanol–water partition coefficient (Wildman–Crippen LogP) is 3.86. The molecule has 0 spiro atoms. The van der Waals surface area contributed by atoms with Gasteiger partial charge in [-0.05, 0) is 38.8 Å². The van der Waals surface area contributed by atoms with E-state index < -0.39 is 15.2 Å². The molecule has 1 aromatic rings. The topological polar surface area (TPSA) is 62.4 Å². The van der Waals surface area contributed by atoms with Gasteiger partial charge in [0.05, 0.1) is 12.2 Å². The number of nitrogens with zero attached hydrogens (tertiary/aromatic N) is 1. The molecule has 22 heavy (non-hydrogen) atoms. The molecule has 0 fully saturated rings. The Morgan fingerprint density at radius 3 is 2.45 bits per heavy atom. The molecule has 2 rings (SSSR count). The number of rotatable bonds is 1. The van der Waals surface area contributed by atoms with Crippen molar-refractivity contribution in [2.24, 2.45) is 0 Å². The van der Waals surface area contributed by atoms with Crippen LogP contribution in [0.3, 0.4) is 0 Å². The van der Waals surface area contributed by atoms with E-state index in [1.807, 2.05) is 20.8 Å². The minimum atomic E-state index is -2.00. The summed E-state index contributed by atoms with van der Waals surface area (Å²) in [5, 5.41) is 0. The smallest absolute Gasteiger partial charge is 0.410 e. The summed E-state index contributed by atoms with van der Waals surface area (Å²) in [6.07, 6.45) is 0.222. The van der Waals surface area contributed by atoms with Crippen LogP contribution in [-0.4, -0.2) is 37.7 Å². The largest absolute Gasteiger partial charge is 0.444 e. The second-order valence-corrected chi connectivity index (χ2v) is 8.45. The highest BCUT2D eigenvalue weighted by Gasteiger charge is 2.34. The van der Waals surface area contributed by atoms with Crippen LogP contribution in [0.15, 0.2) is 6.07 Å². The Kier molecular flexibility index (Phi) is 4.71. The third-order valence-electron chi connectivity index (χ3n) is 3.15. The number of Topliss-reactive ketones (excluding diaryl/α,β-unsaturated/α-hetero) is 1. The number of ketones is 1. The fourth-order valence-electron chi connectivity index (χ4n) is 2.19. The molecule has 8 heteroatoms. The first-order chi connectivity index (χ1) is 9.97. The highest BCUT2D eigenvalue weighted by Crippen LogP contribution is 2.31. The molecule has 1 aliphatic rings. The van der Waals surface area contributed by atoms with Crippen LogP contribution in [-0.2, 0) is 17.7 Å². The van der Waals surface area contributed by atoms with Crippen LogP contribution in [0.2, 0.25) is 0 Å². The second kappa shape index (κ2) is 5.95. The molecule has 2 heterocycles. The molecule has 1 aromatic heterocycles. The zero-order valence-electron chi connectivity index (χ0n) is 12.5. The van der Waals surface area contributed by atoms with E-state index in [-0.39, 0.29) is 11.8 Å². The molecule has 0 bridgehead atoms. The van der Waals surface area contributed by atoms with Gasteiger partial charge in [-0.15, -0.1) is 0 Å². The maximum Gasteiger partial charge on any atom is 0.410 e. The van der Waals surface area contributed by atoms with Gasteiger partial charge in [-0.25, -0.2) is 4.79 Å². The Bertz CT molecular complexity index is 599. The van der Waals surface area contributed by atoms with Crippen molar-refractivity contribution in [3.8, 4) is 0 Å². The maximum absolute atomic E-state index is 12.1. The van der Waals surface area contributed by atoms with E-state index in [0.29, 0.717) is 19.5 Å². The molecule has 0 atom stereocenters. The van der Waals surface area contributed by atoms with Gasteiger partial charge in [0.2, 0.25) is 5.78 Å². The average Bonchev–Trinajstić information content (AvgIpc) is 2.76. The van der Waals surface area contributed by atoms with Crippen molar-refractivity contribution in [2.75, 3.05) is 6.54 Å². The van der Waals surface area contributed by atoms with Crippen LogP contribution < -0.4 is 0 Å². The number of hydrogen-bond acceptors (Lipinski definition) is 3. The van der Waals surface area contributed by atoms with E-state index in [1.54, 1.807) is 11.0 Å². The van der Waals surface area contributed by atoms with Gasteiger partial charge in [-0.1, -0.05) is 34.8 Å². The van der Waals surface area contributed by atoms with Gasteiger partial charge in [-0.3, -0.25) is 4.79 Å². The van der Waals surface area contributed by atoms with E-state index in [2.05, 4.69) is 4.98 Å². The van der Waals surface area contributed by atoms with E-state index >= 15 is 0 Å². The lowest BCUT2D eigenvalue weighted by atomic mass is 10.1. The Morgan fingerprint density at radius 2 is 1.91 bits per heavy atom. The number of nitrogens with one attached hydrogen (secondary N) is 1. The molecule has 0 saturated carbocycles. The van der Waals surface area contributed by atoms with Crippen LogP contribution in [0.25, 0.3) is 0 Å². The molecule has 1 N–H and O–H groups in total. The van der Waals surface area contributed by atoms with E-state index in [0.717, 1.165) is 11.3 Å². The highest BCUT2D eigenvalue weighted by atomic mass is 35.6. The fraction of sp³-hybridized carbons (Fsp3) is 0.571. The van der Waals surface area contributed by atoms with Crippen molar-refractivity contribution in [2.45, 2.75) is 43.1 Å². The van der Waals surface area contributed by atoms with Gasteiger partial charge in [0.15, 0.2) is 0 Å². The fourth-order valence-corrected chi connectivity index (χ4v) is 2.49. The molecule has 1 amide bonds. The monoisotopic (exact) mass is 366 g/mol. The SMILES string of the molecule is CC(C)(C)OC(=O)N1CCc2cc(C(=O)C(Cl)(Cl)Cl)[nH]c2C1. The maximum atomic E-state index is 12.1. The molecule has 0 aromatic carbocycles. The third-order valence-corrected chi connectivity index (χ3v) is 3.66. The lowest BCUT2D eigenvalue weighted by Gasteiger charge is -2.29. The van der Waals surface area contributed by atoms with Crippen molar-refractivity contribution in [3.05, 3.63) is 23.0 Å². The Morgan fingerprint density at radius 1 is 1.27 bits per heavy atom. The number of ether oxygens (including phenoxy) is 1. The minimum Gasteiger partial charge on any atom is -0.444 e. The number of amides is 1. The van der Waals surface area contributed by atoms with E-state index in [9.17, 15) is 9.59 Å². The molecule has 0 saturated heterocycles. The van der Waals surface area contributed by atoms with E-state index in [1.165, 1.54) is 0 Å². The van der Waals surface area contributed by atoms with Crippen molar-refractivity contribution in [1.29, 1.82) is 0 Å². The van der Waals surface area contributed by atoms with Crippen LogP contribution >= 0.6 is 34.8 Å². The van der Waals surface area contributed by atoms with Gasteiger partial charge in [0.25, 0.3) is 3.79 Å². The first kappa shape index (κ1) is 17.4. The number of hydrogen-bond donors (Lipinski definition) is 1. The summed E-state index contributed by atoms with van der Waals surface area (Å²) in [5.74, 6) is -0.615. The van der Waals surface area contributed by atoms with Crippen LogP contribution in [0.1, 0.15) is 42.5 Å². The lowest BCUT2D eigenvalue weighted by Crippen LogP contribution is -2.39. The van der Waals surface area contributed by atoms with Gasteiger partial charge < -0.3 is 14.6 Å². The van der Waals surface area contributed by atoms with Crippen molar-refractivity contribution in [1.82, 2.24) is 9.88 Å². The minimum absolute atomic E-state index is 0.232. The Labute approximate surface area is 143 Å². The number of halogens is 3. The summed E-state index contributed by atoms with van der Waals surface area (Å²) < 4.78 is 3.34. The van der Waals surface area contributed by atoms with Gasteiger partial charge in [0.1, 0.15) is 5.60 Å². The molecule has 122 valence electrons. The number of fused-ring (bicyclic) bond motifs is 1. The molecule has 1 aliphatic heterocycles. The van der Waals surface area contributed by atoms with Gasteiger partial charge in [0, 0.05) is 12.2 Å².